The highest BCUT2D eigenvalue weighted by Gasteiger charge is 2.24. The summed E-state index contributed by atoms with van der Waals surface area (Å²) in [4.78, 5) is 10.7. The van der Waals surface area contributed by atoms with Gasteiger partial charge in [0.2, 0.25) is 0 Å². The van der Waals surface area contributed by atoms with Crippen molar-refractivity contribution >= 4 is 107 Å². The molecule has 0 spiro atoms. The molecule has 12 aromatic rings. The molecule has 62 heavy (non-hydrogen) atoms. The van der Waals surface area contributed by atoms with Crippen molar-refractivity contribution < 1.29 is 0 Å². The largest absolute Gasteiger partial charge is 0.344 e. The Morgan fingerprint density at radius 1 is 0.371 bits per heavy atom. The molecular weight excluding hydrogens is 791 g/mol. The maximum absolute atomic E-state index is 5.40. The molecule has 1 aliphatic heterocycles. The Hall–Kier alpha value is -7.44. The van der Waals surface area contributed by atoms with Crippen LogP contribution in [0.2, 0.25) is 0 Å². The molecule has 290 valence electrons. The number of amidine groups is 2. The summed E-state index contributed by atoms with van der Waals surface area (Å²) in [5.74, 6) is 1.53. The van der Waals surface area contributed by atoms with Crippen molar-refractivity contribution in [2.24, 2.45) is 9.98 Å². The number of nitrogens with one attached hydrogen (secondary N) is 1. The average molecular weight is 826 g/mol. The zero-order valence-corrected chi connectivity index (χ0v) is 35.0. The normalized spacial score (nSPS) is 14.3. The van der Waals surface area contributed by atoms with Crippen LogP contribution in [0.25, 0.3) is 94.9 Å². The van der Waals surface area contributed by atoms with Crippen LogP contribution >= 0.6 is 22.7 Å². The van der Waals surface area contributed by atoms with Crippen molar-refractivity contribution in [3.05, 3.63) is 217 Å². The lowest BCUT2D eigenvalue weighted by atomic mass is 9.92. The number of benzene rings is 10. The van der Waals surface area contributed by atoms with Gasteiger partial charge in [0.1, 0.15) is 12.0 Å². The topological polar surface area (TPSA) is 36.8 Å². The monoisotopic (exact) mass is 825 g/mol. The quantitative estimate of drug-likeness (QED) is 0.172. The molecule has 0 saturated heterocycles. The summed E-state index contributed by atoms with van der Waals surface area (Å²) in [6.45, 7) is 0. The van der Waals surface area contributed by atoms with Crippen LogP contribution in [0.4, 0.5) is 0 Å². The van der Waals surface area contributed by atoms with E-state index in [9.17, 15) is 0 Å². The van der Waals surface area contributed by atoms with E-state index in [0.29, 0.717) is 5.84 Å². The number of aliphatic imine (C=N–C) groups is 2. The molecule has 10 aromatic carbocycles. The fraction of sp³-hybridized carbons (Fsp3) is 0.0175. The van der Waals surface area contributed by atoms with Crippen LogP contribution in [0.5, 0.6) is 0 Å². The number of rotatable bonds is 5. The maximum atomic E-state index is 5.40. The Balaban J connectivity index is 0.965. The van der Waals surface area contributed by atoms with E-state index >= 15 is 0 Å². The minimum Gasteiger partial charge on any atom is -0.344 e. The molecule has 0 radical (unpaired) electrons. The first-order valence-electron chi connectivity index (χ1n) is 21.0. The van der Waals surface area contributed by atoms with E-state index in [1.54, 1.807) is 0 Å². The molecule has 0 saturated carbocycles. The number of thiophene rings is 2. The summed E-state index contributed by atoms with van der Waals surface area (Å²) in [5, 5.41) is 16.5. The summed E-state index contributed by atoms with van der Waals surface area (Å²) >= 11 is 3.71. The summed E-state index contributed by atoms with van der Waals surface area (Å²) in [6.07, 6.45) is -0.314. The first kappa shape index (κ1) is 35.3. The van der Waals surface area contributed by atoms with E-state index in [0.717, 1.165) is 28.1 Å². The predicted octanol–water partition coefficient (Wildman–Crippen LogP) is 15.7. The molecule has 0 aliphatic carbocycles. The fourth-order valence-corrected chi connectivity index (χ4v) is 12.1. The molecule has 0 fully saturated rings. The van der Waals surface area contributed by atoms with E-state index in [1.807, 2.05) is 22.7 Å². The smallest absolute Gasteiger partial charge is 0.159 e. The lowest BCUT2D eigenvalue weighted by Gasteiger charge is -2.24. The highest BCUT2D eigenvalue weighted by atomic mass is 32.1. The van der Waals surface area contributed by atoms with Crippen molar-refractivity contribution in [1.82, 2.24) is 5.32 Å². The first-order chi connectivity index (χ1) is 30.7. The fourth-order valence-electron chi connectivity index (χ4n) is 9.71. The molecule has 0 bridgehead atoms. The number of fused-ring (bicyclic) bond motifs is 12. The maximum Gasteiger partial charge on any atom is 0.159 e. The van der Waals surface area contributed by atoms with Gasteiger partial charge < -0.3 is 5.32 Å². The van der Waals surface area contributed by atoms with Crippen LogP contribution in [0.15, 0.2) is 210 Å². The van der Waals surface area contributed by atoms with Gasteiger partial charge in [-0.05, 0) is 90.5 Å². The van der Waals surface area contributed by atoms with Crippen molar-refractivity contribution in [2.45, 2.75) is 6.17 Å². The van der Waals surface area contributed by atoms with Crippen LogP contribution in [0.1, 0.15) is 22.9 Å². The van der Waals surface area contributed by atoms with Gasteiger partial charge in [0.15, 0.2) is 5.84 Å². The lowest BCUT2D eigenvalue weighted by molar-refractivity contribution is 0.674. The minimum atomic E-state index is -0.314. The van der Waals surface area contributed by atoms with Crippen LogP contribution in [-0.2, 0) is 0 Å². The van der Waals surface area contributed by atoms with E-state index in [1.165, 1.54) is 89.4 Å². The number of hydrogen-bond acceptors (Lipinski definition) is 5. The Morgan fingerprint density at radius 2 is 0.919 bits per heavy atom. The second-order valence-electron chi connectivity index (χ2n) is 16.0. The Kier molecular flexibility index (Phi) is 8.02. The lowest BCUT2D eigenvalue weighted by Crippen LogP contribution is -2.33. The first-order valence-corrected chi connectivity index (χ1v) is 22.6. The third-order valence-electron chi connectivity index (χ3n) is 12.5. The van der Waals surface area contributed by atoms with Gasteiger partial charge in [-0.1, -0.05) is 170 Å². The van der Waals surface area contributed by atoms with Crippen LogP contribution in [-0.4, -0.2) is 11.7 Å². The Morgan fingerprint density at radius 3 is 1.71 bits per heavy atom. The van der Waals surface area contributed by atoms with Gasteiger partial charge in [0.05, 0.1) is 0 Å². The molecule has 1 N–H and O–H groups in total. The molecule has 1 aliphatic rings. The molecular formula is C57H35N3S2. The molecule has 2 aromatic heterocycles. The van der Waals surface area contributed by atoms with Crippen molar-refractivity contribution in [1.29, 1.82) is 0 Å². The van der Waals surface area contributed by atoms with Gasteiger partial charge in [0.25, 0.3) is 0 Å². The molecule has 0 amide bonds. The molecule has 1 atom stereocenters. The second-order valence-corrected chi connectivity index (χ2v) is 18.2. The van der Waals surface area contributed by atoms with E-state index in [-0.39, 0.29) is 6.17 Å². The van der Waals surface area contributed by atoms with Crippen LogP contribution in [0.3, 0.4) is 0 Å². The SMILES string of the molecule is c1ccc(C2N=C(c3cccc(-c4cccc5sc6ccccc6c45)c3)N=C(c3cccc4sc5c(-c6ccc7c8ccccc8c8ccccc8c7c6)cccc5c34)N2)cc1. The molecule has 13 rings (SSSR count). The second kappa shape index (κ2) is 14.1. The molecule has 1 unspecified atom stereocenters. The van der Waals surface area contributed by atoms with Gasteiger partial charge in [-0.2, -0.15) is 0 Å². The Bertz CT molecular complexity index is 3820. The van der Waals surface area contributed by atoms with E-state index in [4.69, 9.17) is 9.98 Å². The molecule has 3 nitrogen and oxygen atoms in total. The van der Waals surface area contributed by atoms with Gasteiger partial charge in [-0.25, -0.2) is 9.98 Å². The summed E-state index contributed by atoms with van der Waals surface area (Å²) in [5.41, 5.74) is 7.97. The summed E-state index contributed by atoms with van der Waals surface area (Å²) in [7, 11) is 0. The number of hydrogen-bond donors (Lipinski definition) is 1. The predicted molar refractivity (Wildman–Crippen MR) is 267 cm³/mol. The Labute approximate surface area is 365 Å². The summed E-state index contributed by atoms with van der Waals surface area (Å²) in [6, 6.07) is 72.6. The van der Waals surface area contributed by atoms with Gasteiger partial charge in [-0.3, -0.25) is 0 Å². The standard InChI is InChI=1S/C57H35N3S2/c1-2-14-34(15-3-1)55-58-56(37-17-10-16-35(32-37)38-23-12-28-50-52(38)45-22-8-9-27-49(45)61-50)60-57(59-55)47-26-13-29-51-53(47)46-25-11-24-39(54(46)62-51)36-30-31-44-42-20-5-4-18-40(42)41-19-6-7-21-43(41)48(44)33-36/h1-33,55H,(H,58,59,60). The van der Waals surface area contributed by atoms with E-state index < -0.39 is 0 Å². The van der Waals surface area contributed by atoms with Crippen LogP contribution < -0.4 is 5.32 Å². The van der Waals surface area contributed by atoms with Crippen molar-refractivity contribution in [3.8, 4) is 22.3 Å². The van der Waals surface area contributed by atoms with Crippen LogP contribution in [0, 0.1) is 0 Å². The molecule has 5 heteroatoms. The van der Waals surface area contributed by atoms with Gasteiger partial charge in [-0.15, -0.1) is 22.7 Å². The van der Waals surface area contributed by atoms with E-state index in [2.05, 4.69) is 206 Å². The number of nitrogens with zero attached hydrogens (tertiary/aromatic N) is 2. The van der Waals surface area contributed by atoms with Gasteiger partial charge >= 0.3 is 0 Å². The third kappa shape index (κ3) is 5.56. The zero-order valence-electron chi connectivity index (χ0n) is 33.3. The molecule has 3 heterocycles. The minimum absolute atomic E-state index is 0.314. The van der Waals surface area contributed by atoms with Crippen molar-refractivity contribution in [2.75, 3.05) is 0 Å². The van der Waals surface area contributed by atoms with Crippen molar-refractivity contribution in [3.63, 3.8) is 0 Å². The van der Waals surface area contributed by atoms with Gasteiger partial charge in [0, 0.05) is 51.5 Å². The highest BCUT2D eigenvalue weighted by Crippen LogP contribution is 2.44. The average Bonchev–Trinajstić information content (AvgIpc) is 3.93. The summed E-state index contributed by atoms with van der Waals surface area (Å²) < 4.78 is 5.09. The zero-order chi connectivity index (χ0) is 40.7. The highest BCUT2D eigenvalue weighted by molar-refractivity contribution is 7.26. The third-order valence-corrected chi connectivity index (χ3v) is 14.9.